The molecule has 4 aromatic rings. The van der Waals surface area contributed by atoms with Gasteiger partial charge in [-0.1, -0.05) is 30.3 Å². The van der Waals surface area contributed by atoms with Crippen LogP contribution in [-0.4, -0.2) is 9.55 Å². The summed E-state index contributed by atoms with van der Waals surface area (Å²) in [5, 5.41) is 0. The summed E-state index contributed by atoms with van der Waals surface area (Å²) in [7, 11) is 2.15. The van der Waals surface area contributed by atoms with E-state index in [0.717, 1.165) is 11.4 Å². The molecular formula is C23H24N3+. The van der Waals surface area contributed by atoms with Crippen molar-refractivity contribution in [1.29, 1.82) is 0 Å². The Hall–Kier alpha value is -2.94. The molecule has 0 fully saturated rings. The Kier molecular flexibility index (Phi) is 3.87. The van der Waals surface area contributed by atoms with Gasteiger partial charge in [-0.25, -0.2) is 4.57 Å². The van der Waals surface area contributed by atoms with Gasteiger partial charge in [0.1, 0.15) is 5.69 Å². The Morgan fingerprint density at radius 2 is 1.46 bits per heavy atom. The number of pyridine rings is 1. The summed E-state index contributed by atoms with van der Waals surface area (Å²) in [6.45, 7) is 8.70. The zero-order valence-electron chi connectivity index (χ0n) is 16.0. The maximum Gasteiger partial charge on any atom is 0.296 e. The highest BCUT2D eigenvalue weighted by Crippen LogP contribution is 2.32. The van der Waals surface area contributed by atoms with Crippen LogP contribution in [0.3, 0.4) is 0 Å². The van der Waals surface area contributed by atoms with E-state index >= 15 is 0 Å². The average Bonchev–Trinajstić information content (AvgIpc) is 2.89. The summed E-state index contributed by atoms with van der Waals surface area (Å²) in [4.78, 5) is 4.41. The third-order valence-corrected chi connectivity index (χ3v) is 5.27. The van der Waals surface area contributed by atoms with Crippen LogP contribution < -0.4 is 4.57 Å². The van der Waals surface area contributed by atoms with Crippen molar-refractivity contribution in [2.75, 3.05) is 0 Å². The molecular weight excluding hydrogens is 318 g/mol. The Bertz CT molecular complexity index is 1120. The minimum Gasteiger partial charge on any atom is -0.264 e. The highest BCUT2D eigenvalue weighted by atomic mass is 15.2. The van der Waals surface area contributed by atoms with E-state index in [1.54, 1.807) is 0 Å². The summed E-state index contributed by atoms with van der Waals surface area (Å²) in [6.07, 6.45) is 3.83. The van der Waals surface area contributed by atoms with Gasteiger partial charge < -0.3 is 0 Å². The number of imidazole rings is 1. The third-order valence-electron chi connectivity index (χ3n) is 5.27. The van der Waals surface area contributed by atoms with Gasteiger partial charge in [-0.15, -0.1) is 0 Å². The van der Waals surface area contributed by atoms with E-state index < -0.39 is 0 Å². The fourth-order valence-electron chi connectivity index (χ4n) is 4.01. The molecule has 0 aliphatic rings. The smallest absolute Gasteiger partial charge is 0.264 e. The first-order valence-electron chi connectivity index (χ1n) is 8.98. The molecule has 0 atom stereocenters. The van der Waals surface area contributed by atoms with Crippen LogP contribution in [0.4, 0.5) is 0 Å². The molecule has 130 valence electrons. The van der Waals surface area contributed by atoms with Gasteiger partial charge >= 0.3 is 0 Å². The lowest BCUT2D eigenvalue weighted by Gasteiger charge is -2.10. The highest BCUT2D eigenvalue weighted by Gasteiger charge is 2.29. The van der Waals surface area contributed by atoms with Crippen LogP contribution in [0.2, 0.25) is 0 Å². The van der Waals surface area contributed by atoms with Crippen LogP contribution in [0.25, 0.3) is 28.1 Å². The van der Waals surface area contributed by atoms with Crippen molar-refractivity contribution in [2.24, 2.45) is 7.05 Å². The van der Waals surface area contributed by atoms with Gasteiger partial charge in [0, 0.05) is 18.0 Å². The van der Waals surface area contributed by atoms with Crippen LogP contribution in [0.15, 0.2) is 54.9 Å². The SMILES string of the molecule is Cc1ccncc1-c1n(-c2c(C)cccc2C)c2cccc(C)c2[n+]1C. The summed E-state index contributed by atoms with van der Waals surface area (Å²) in [5.74, 6) is 1.16. The largest absolute Gasteiger partial charge is 0.296 e. The number of benzene rings is 2. The van der Waals surface area contributed by atoms with Crippen molar-refractivity contribution in [3.05, 3.63) is 77.1 Å². The Labute approximate surface area is 154 Å². The first kappa shape index (κ1) is 16.5. The van der Waals surface area contributed by atoms with Crippen LogP contribution in [0.1, 0.15) is 22.3 Å². The van der Waals surface area contributed by atoms with E-state index in [-0.39, 0.29) is 0 Å². The van der Waals surface area contributed by atoms with E-state index in [1.807, 2.05) is 12.4 Å². The summed E-state index contributed by atoms with van der Waals surface area (Å²) >= 11 is 0. The molecule has 0 saturated heterocycles. The normalized spacial score (nSPS) is 11.3. The van der Waals surface area contributed by atoms with Gasteiger partial charge in [0.25, 0.3) is 5.82 Å². The first-order valence-corrected chi connectivity index (χ1v) is 8.98. The van der Waals surface area contributed by atoms with Crippen LogP contribution >= 0.6 is 0 Å². The molecule has 2 heterocycles. The minimum absolute atomic E-state index is 1.16. The fourth-order valence-corrected chi connectivity index (χ4v) is 4.01. The van der Waals surface area contributed by atoms with Crippen molar-refractivity contribution >= 4 is 11.0 Å². The standard InChI is InChI=1S/C23H24N3/c1-15-12-13-24-14-19(15)23-25(5)22-18(4)10-7-11-20(22)26(23)21-16(2)8-6-9-17(21)3/h6-14H,1-5H3/q+1. The maximum absolute atomic E-state index is 4.41. The molecule has 0 unspecified atom stereocenters. The number of para-hydroxylation sites is 2. The molecule has 0 N–H and O–H groups in total. The molecule has 0 amide bonds. The Morgan fingerprint density at radius 1 is 0.808 bits per heavy atom. The molecule has 3 nitrogen and oxygen atoms in total. The zero-order chi connectivity index (χ0) is 18.4. The summed E-state index contributed by atoms with van der Waals surface area (Å²) < 4.78 is 4.71. The number of hydrogen-bond donors (Lipinski definition) is 0. The lowest BCUT2D eigenvalue weighted by atomic mass is 10.1. The van der Waals surface area contributed by atoms with Gasteiger partial charge in [-0.3, -0.25) is 4.98 Å². The van der Waals surface area contributed by atoms with Crippen molar-refractivity contribution in [1.82, 2.24) is 9.55 Å². The first-order chi connectivity index (χ1) is 12.5. The van der Waals surface area contributed by atoms with Crippen molar-refractivity contribution < 1.29 is 4.57 Å². The van der Waals surface area contributed by atoms with Gasteiger partial charge in [0.05, 0.1) is 12.6 Å². The molecule has 0 spiro atoms. The second kappa shape index (κ2) is 6.10. The van der Waals surface area contributed by atoms with Crippen LogP contribution in [0, 0.1) is 27.7 Å². The summed E-state index contributed by atoms with van der Waals surface area (Å²) in [5.41, 5.74) is 9.94. The molecule has 2 aromatic heterocycles. The van der Waals surface area contributed by atoms with Gasteiger partial charge in [-0.05, 0) is 56.5 Å². The van der Waals surface area contributed by atoms with E-state index in [9.17, 15) is 0 Å². The number of rotatable bonds is 2. The molecule has 0 radical (unpaired) electrons. The Morgan fingerprint density at radius 3 is 2.15 bits per heavy atom. The topological polar surface area (TPSA) is 21.7 Å². The molecule has 0 bridgehead atoms. The highest BCUT2D eigenvalue weighted by molar-refractivity contribution is 5.82. The van der Waals surface area contributed by atoms with Gasteiger partial charge in [0.15, 0.2) is 11.0 Å². The van der Waals surface area contributed by atoms with E-state index in [4.69, 9.17) is 0 Å². The fraction of sp³-hybridized carbons (Fsp3) is 0.217. The zero-order valence-corrected chi connectivity index (χ0v) is 16.0. The van der Waals surface area contributed by atoms with Gasteiger partial charge in [-0.2, -0.15) is 4.57 Å². The van der Waals surface area contributed by atoms with E-state index in [0.29, 0.717) is 0 Å². The van der Waals surface area contributed by atoms with Crippen molar-refractivity contribution in [3.63, 3.8) is 0 Å². The second-order valence-electron chi connectivity index (χ2n) is 7.09. The number of nitrogens with zero attached hydrogens (tertiary/aromatic N) is 3. The lowest BCUT2D eigenvalue weighted by Crippen LogP contribution is -2.31. The van der Waals surface area contributed by atoms with Crippen molar-refractivity contribution in [2.45, 2.75) is 27.7 Å². The van der Waals surface area contributed by atoms with Crippen LogP contribution in [0.5, 0.6) is 0 Å². The summed E-state index contributed by atoms with van der Waals surface area (Å²) in [6, 6.07) is 15.1. The number of hydrogen-bond acceptors (Lipinski definition) is 1. The quantitative estimate of drug-likeness (QED) is 0.482. The Balaban J connectivity index is 2.24. The molecule has 3 heteroatoms. The van der Waals surface area contributed by atoms with E-state index in [1.165, 1.54) is 39.0 Å². The van der Waals surface area contributed by atoms with E-state index in [2.05, 4.69) is 91.3 Å². The number of fused-ring (bicyclic) bond motifs is 1. The number of aryl methyl sites for hydroxylation is 5. The predicted molar refractivity (Wildman–Crippen MR) is 107 cm³/mol. The van der Waals surface area contributed by atoms with Crippen LogP contribution in [-0.2, 0) is 7.05 Å². The third kappa shape index (κ3) is 2.35. The molecule has 0 saturated carbocycles. The monoisotopic (exact) mass is 342 g/mol. The molecule has 2 aromatic carbocycles. The van der Waals surface area contributed by atoms with Crippen molar-refractivity contribution in [3.8, 4) is 17.1 Å². The lowest BCUT2D eigenvalue weighted by molar-refractivity contribution is -0.634. The maximum atomic E-state index is 4.41. The predicted octanol–water partition coefficient (Wildman–Crippen LogP) is 4.75. The average molecular weight is 342 g/mol. The molecule has 26 heavy (non-hydrogen) atoms. The number of aromatic nitrogens is 3. The second-order valence-corrected chi connectivity index (χ2v) is 7.09. The minimum atomic E-state index is 1.16. The van der Waals surface area contributed by atoms with Gasteiger partial charge in [0.2, 0.25) is 0 Å². The molecule has 0 aliphatic heterocycles. The molecule has 0 aliphatic carbocycles. The molecule has 4 rings (SSSR count).